The first kappa shape index (κ1) is 17.6. The lowest BCUT2D eigenvalue weighted by atomic mass is 10.2. The molecule has 120 valence electrons. The molecule has 1 rings (SSSR count). The average Bonchev–Trinajstić information content (AvgIpc) is 2.50. The Balaban J connectivity index is 2.54. The third-order valence-electron chi connectivity index (χ3n) is 2.71. The molecule has 0 aliphatic carbocycles. The first-order valence-corrected chi connectivity index (χ1v) is 7.08. The van der Waals surface area contributed by atoms with Crippen molar-refractivity contribution in [1.82, 2.24) is 10.6 Å². The van der Waals surface area contributed by atoms with Gasteiger partial charge in [-0.3, -0.25) is 9.59 Å². The molecule has 0 unspecified atom stereocenters. The van der Waals surface area contributed by atoms with Crippen molar-refractivity contribution in [3.8, 4) is 11.5 Å². The van der Waals surface area contributed by atoms with Crippen molar-refractivity contribution in [1.29, 1.82) is 0 Å². The fourth-order valence-electron chi connectivity index (χ4n) is 1.72. The summed E-state index contributed by atoms with van der Waals surface area (Å²) in [7, 11) is 1.57. The molecule has 1 aromatic carbocycles. The second kappa shape index (κ2) is 9.44. The second-order valence-electron chi connectivity index (χ2n) is 4.45. The van der Waals surface area contributed by atoms with Crippen LogP contribution in [0.25, 0.3) is 6.08 Å². The lowest BCUT2D eigenvalue weighted by Crippen LogP contribution is -2.32. The molecule has 0 radical (unpaired) electrons. The highest BCUT2D eigenvalue weighted by atomic mass is 16.5. The molecule has 0 aliphatic rings. The Bertz CT molecular complexity index is 541. The van der Waals surface area contributed by atoms with Crippen molar-refractivity contribution in [2.45, 2.75) is 13.8 Å². The third-order valence-corrected chi connectivity index (χ3v) is 2.71. The minimum absolute atomic E-state index is 0.119. The van der Waals surface area contributed by atoms with Gasteiger partial charge in [0, 0.05) is 26.1 Å². The van der Waals surface area contributed by atoms with Gasteiger partial charge in [0.25, 0.3) is 0 Å². The largest absolute Gasteiger partial charge is 0.493 e. The van der Waals surface area contributed by atoms with E-state index in [9.17, 15) is 9.59 Å². The number of methoxy groups -OCH3 is 1. The molecule has 0 saturated heterocycles. The van der Waals surface area contributed by atoms with E-state index in [2.05, 4.69) is 10.6 Å². The van der Waals surface area contributed by atoms with Crippen molar-refractivity contribution >= 4 is 17.9 Å². The molecule has 0 bridgehead atoms. The van der Waals surface area contributed by atoms with Crippen LogP contribution in [0.1, 0.15) is 19.4 Å². The molecule has 1 aromatic rings. The molecule has 2 amide bonds. The molecule has 0 aliphatic heterocycles. The van der Waals surface area contributed by atoms with Gasteiger partial charge in [0.2, 0.25) is 11.8 Å². The van der Waals surface area contributed by atoms with E-state index in [-0.39, 0.29) is 11.8 Å². The Kier molecular flexibility index (Phi) is 7.53. The number of hydrogen-bond acceptors (Lipinski definition) is 4. The normalized spacial score (nSPS) is 10.3. The van der Waals surface area contributed by atoms with Crippen molar-refractivity contribution in [2.75, 3.05) is 26.8 Å². The predicted octanol–water partition coefficient (Wildman–Crippen LogP) is 1.36. The van der Waals surface area contributed by atoms with Gasteiger partial charge in [-0.25, -0.2) is 0 Å². The molecule has 6 nitrogen and oxygen atoms in total. The minimum atomic E-state index is -0.224. The van der Waals surface area contributed by atoms with Gasteiger partial charge in [0.05, 0.1) is 13.7 Å². The maximum Gasteiger partial charge on any atom is 0.244 e. The number of ether oxygens (including phenoxy) is 2. The first-order valence-electron chi connectivity index (χ1n) is 7.08. The van der Waals surface area contributed by atoms with Crippen LogP contribution in [-0.4, -0.2) is 38.6 Å². The Morgan fingerprint density at radius 2 is 1.91 bits per heavy atom. The number of carbonyl (C=O) groups excluding carboxylic acids is 2. The van der Waals surface area contributed by atoms with Crippen molar-refractivity contribution in [3.63, 3.8) is 0 Å². The van der Waals surface area contributed by atoms with Gasteiger partial charge in [0.1, 0.15) is 0 Å². The van der Waals surface area contributed by atoms with Gasteiger partial charge in [-0.2, -0.15) is 0 Å². The van der Waals surface area contributed by atoms with E-state index < -0.39 is 0 Å². The van der Waals surface area contributed by atoms with E-state index in [1.54, 1.807) is 25.3 Å². The summed E-state index contributed by atoms with van der Waals surface area (Å²) in [6, 6.07) is 5.44. The summed E-state index contributed by atoms with van der Waals surface area (Å²) in [4.78, 5) is 22.3. The zero-order valence-electron chi connectivity index (χ0n) is 13.1. The SMILES string of the molecule is CCOc1ccc(C=CC(=O)NCCNC(C)=O)cc1OC. The van der Waals surface area contributed by atoms with E-state index in [1.165, 1.54) is 13.0 Å². The van der Waals surface area contributed by atoms with E-state index in [0.29, 0.717) is 31.2 Å². The van der Waals surface area contributed by atoms with Crippen LogP contribution in [-0.2, 0) is 9.59 Å². The highest BCUT2D eigenvalue weighted by Crippen LogP contribution is 2.28. The minimum Gasteiger partial charge on any atom is -0.493 e. The Labute approximate surface area is 130 Å². The number of rotatable bonds is 8. The summed E-state index contributed by atoms with van der Waals surface area (Å²) in [5, 5.41) is 5.27. The van der Waals surface area contributed by atoms with Gasteiger partial charge in [-0.05, 0) is 30.7 Å². The van der Waals surface area contributed by atoms with E-state index in [0.717, 1.165) is 5.56 Å². The fraction of sp³-hybridized carbons (Fsp3) is 0.375. The summed E-state index contributed by atoms with van der Waals surface area (Å²) < 4.78 is 10.7. The molecule has 0 spiro atoms. The van der Waals surface area contributed by atoms with Crippen LogP contribution in [0.4, 0.5) is 0 Å². The standard InChI is InChI=1S/C16H22N2O4/c1-4-22-14-7-5-13(11-15(14)21-3)6-8-16(20)18-10-9-17-12(2)19/h5-8,11H,4,9-10H2,1-3H3,(H,17,19)(H,18,20). The highest BCUT2D eigenvalue weighted by molar-refractivity contribution is 5.91. The van der Waals surface area contributed by atoms with Crippen LogP contribution in [0.15, 0.2) is 24.3 Å². The summed E-state index contributed by atoms with van der Waals surface area (Å²) in [6.07, 6.45) is 3.12. The van der Waals surface area contributed by atoms with Crippen molar-refractivity contribution < 1.29 is 19.1 Å². The van der Waals surface area contributed by atoms with Gasteiger partial charge in [0.15, 0.2) is 11.5 Å². The number of carbonyl (C=O) groups is 2. The number of hydrogen-bond donors (Lipinski definition) is 2. The summed E-state index contributed by atoms with van der Waals surface area (Å²) in [5.41, 5.74) is 0.831. The first-order chi connectivity index (χ1) is 10.6. The highest BCUT2D eigenvalue weighted by Gasteiger charge is 2.04. The van der Waals surface area contributed by atoms with Crippen molar-refractivity contribution in [3.05, 3.63) is 29.8 Å². The topological polar surface area (TPSA) is 76.7 Å². The van der Waals surface area contributed by atoms with Gasteiger partial charge < -0.3 is 20.1 Å². The smallest absolute Gasteiger partial charge is 0.244 e. The maximum absolute atomic E-state index is 11.6. The summed E-state index contributed by atoms with van der Waals surface area (Å²) >= 11 is 0. The maximum atomic E-state index is 11.6. The third kappa shape index (κ3) is 6.30. The van der Waals surface area contributed by atoms with Crippen LogP contribution in [0.2, 0.25) is 0 Å². The second-order valence-corrected chi connectivity index (χ2v) is 4.45. The molecular weight excluding hydrogens is 284 g/mol. The van der Waals surface area contributed by atoms with E-state index in [4.69, 9.17) is 9.47 Å². The van der Waals surface area contributed by atoms with Crippen LogP contribution < -0.4 is 20.1 Å². The molecule has 22 heavy (non-hydrogen) atoms. The lowest BCUT2D eigenvalue weighted by Gasteiger charge is -2.09. The summed E-state index contributed by atoms with van der Waals surface area (Å²) in [5.74, 6) is 0.946. The number of benzene rings is 1. The van der Waals surface area contributed by atoms with Crippen molar-refractivity contribution in [2.24, 2.45) is 0 Å². The Morgan fingerprint density at radius 3 is 2.55 bits per heavy atom. The number of amides is 2. The molecule has 0 atom stereocenters. The van der Waals surface area contributed by atoms with Crippen LogP contribution in [0.3, 0.4) is 0 Å². The molecule has 0 heterocycles. The molecule has 0 aromatic heterocycles. The quantitative estimate of drug-likeness (QED) is 0.561. The van der Waals surface area contributed by atoms with Crippen LogP contribution >= 0.6 is 0 Å². The predicted molar refractivity (Wildman–Crippen MR) is 84.9 cm³/mol. The molecular formula is C16H22N2O4. The molecule has 0 fully saturated rings. The fourth-order valence-corrected chi connectivity index (χ4v) is 1.72. The molecule has 6 heteroatoms. The molecule has 0 saturated carbocycles. The van der Waals surface area contributed by atoms with E-state index in [1.807, 2.05) is 13.0 Å². The molecule has 2 N–H and O–H groups in total. The van der Waals surface area contributed by atoms with Crippen LogP contribution in [0, 0.1) is 0 Å². The van der Waals surface area contributed by atoms with Gasteiger partial charge in [-0.1, -0.05) is 6.07 Å². The average molecular weight is 306 g/mol. The Hall–Kier alpha value is -2.50. The lowest BCUT2D eigenvalue weighted by molar-refractivity contribution is -0.119. The van der Waals surface area contributed by atoms with Crippen LogP contribution in [0.5, 0.6) is 11.5 Å². The monoisotopic (exact) mass is 306 g/mol. The summed E-state index contributed by atoms with van der Waals surface area (Å²) in [6.45, 7) is 4.68. The van der Waals surface area contributed by atoms with Gasteiger partial charge in [-0.15, -0.1) is 0 Å². The zero-order valence-corrected chi connectivity index (χ0v) is 13.1. The number of nitrogens with one attached hydrogen (secondary N) is 2. The Morgan fingerprint density at radius 1 is 1.18 bits per heavy atom. The van der Waals surface area contributed by atoms with E-state index >= 15 is 0 Å². The zero-order chi connectivity index (χ0) is 16.4. The van der Waals surface area contributed by atoms with Gasteiger partial charge >= 0.3 is 0 Å².